The minimum Gasteiger partial charge on any atom is -0.488 e. The molecule has 10 heteroatoms. The van der Waals surface area contributed by atoms with E-state index in [9.17, 15) is 19.4 Å². The molecule has 4 heterocycles. The van der Waals surface area contributed by atoms with E-state index in [1.54, 1.807) is 12.3 Å². The third-order valence-corrected chi connectivity index (χ3v) is 8.51. The summed E-state index contributed by atoms with van der Waals surface area (Å²) in [6, 6.07) is 12.2. The maximum Gasteiger partial charge on any atom is 0.267 e. The summed E-state index contributed by atoms with van der Waals surface area (Å²) in [6.07, 6.45) is 2.62. The molecule has 1 amide bonds. The minimum atomic E-state index is -0.679. The first-order chi connectivity index (χ1) is 19.8. The highest BCUT2D eigenvalue weighted by Crippen LogP contribution is 2.29. The third kappa shape index (κ3) is 6.11. The number of benzene rings is 2. The molecule has 2 aromatic heterocycles. The first kappa shape index (κ1) is 27.7. The van der Waals surface area contributed by atoms with Crippen LogP contribution in [0.3, 0.4) is 0 Å². The number of nitrogens with one attached hydrogen (secondary N) is 2. The van der Waals surface area contributed by atoms with E-state index in [1.807, 2.05) is 24.3 Å². The fourth-order valence-corrected chi connectivity index (χ4v) is 6.05. The van der Waals surface area contributed by atoms with E-state index in [4.69, 9.17) is 9.15 Å². The normalized spacial score (nSPS) is 21.9. The summed E-state index contributed by atoms with van der Waals surface area (Å²) in [5.41, 5.74) is 2.63. The number of β-amino-alcohol motifs (C(OH)–C–C–N with tert-alkyl or cyclic N) is 1. The van der Waals surface area contributed by atoms with Gasteiger partial charge in [-0.3, -0.25) is 9.69 Å². The van der Waals surface area contributed by atoms with Crippen molar-refractivity contribution >= 4 is 27.8 Å². The Morgan fingerprint density at radius 1 is 1.12 bits per heavy atom. The average Bonchev–Trinajstić information content (AvgIpc) is 3.59. The van der Waals surface area contributed by atoms with Crippen LogP contribution in [0.2, 0.25) is 0 Å². The van der Waals surface area contributed by atoms with Gasteiger partial charge in [-0.05, 0) is 62.6 Å². The molecule has 0 radical (unpaired) electrons. The lowest BCUT2D eigenvalue weighted by atomic mass is 10.0. The van der Waals surface area contributed by atoms with Crippen molar-refractivity contribution in [3.05, 3.63) is 65.8 Å². The number of furan rings is 1. The first-order valence-corrected chi connectivity index (χ1v) is 14.4. The van der Waals surface area contributed by atoms with Crippen LogP contribution in [0, 0.1) is 5.82 Å². The molecule has 0 unspecified atom stereocenters. The molecule has 0 bridgehead atoms. The number of halogens is 1. The summed E-state index contributed by atoms with van der Waals surface area (Å²) in [5, 5.41) is 24.5. The molecule has 0 saturated carbocycles. The van der Waals surface area contributed by atoms with E-state index < -0.39 is 12.2 Å². The van der Waals surface area contributed by atoms with Gasteiger partial charge in [0, 0.05) is 66.7 Å². The molecule has 2 aliphatic rings. The van der Waals surface area contributed by atoms with Gasteiger partial charge in [-0.15, -0.1) is 0 Å². The Hall–Kier alpha value is -3.44. The van der Waals surface area contributed by atoms with Gasteiger partial charge in [0.1, 0.15) is 29.5 Å². The van der Waals surface area contributed by atoms with Gasteiger partial charge in [-0.2, -0.15) is 0 Å². The molecule has 41 heavy (non-hydrogen) atoms. The number of H-pyrrole nitrogens is 1. The Kier molecular flexibility index (Phi) is 7.99. The molecule has 218 valence electrons. The lowest BCUT2D eigenvalue weighted by Crippen LogP contribution is -2.54. The second-order valence-corrected chi connectivity index (χ2v) is 11.4. The Balaban J connectivity index is 1.03. The van der Waals surface area contributed by atoms with E-state index in [1.165, 1.54) is 12.1 Å². The lowest BCUT2D eigenvalue weighted by molar-refractivity contribution is -0.0509. The molecule has 0 spiro atoms. The molecule has 4 N–H and O–H groups in total. The average molecular weight is 565 g/mol. The second-order valence-electron chi connectivity index (χ2n) is 11.4. The third-order valence-electron chi connectivity index (χ3n) is 8.51. The number of amides is 1. The summed E-state index contributed by atoms with van der Waals surface area (Å²) < 4.78 is 25.3. The highest BCUT2D eigenvalue weighted by Gasteiger charge is 2.30. The monoisotopic (exact) mass is 564 g/mol. The molecule has 2 saturated heterocycles. The number of rotatable bonds is 8. The van der Waals surface area contributed by atoms with Crippen molar-refractivity contribution in [1.29, 1.82) is 0 Å². The predicted octanol–water partition coefficient (Wildman–Crippen LogP) is 3.64. The summed E-state index contributed by atoms with van der Waals surface area (Å²) in [4.78, 5) is 21.0. The number of aromatic amines is 1. The van der Waals surface area contributed by atoms with Gasteiger partial charge in [0.15, 0.2) is 0 Å². The van der Waals surface area contributed by atoms with Crippen LogP contribution in [0.4, 0.5) is 4.39 Å². The maximum absolute atomic E-state index is 13.7. The van der Waals surface area contributed by atoms with E-state index in [0.29, 0.717) is 41.4 Å². The molecule has 2 fully saturated rings. The first-order valence-electron chi connectivity index (χ1n) is 14.4. The predicted molar refractivity (Wildman–Crippen MR) is 153 cm³/mol. The molecule has 2 aromatic carbocycles. The number of carbonyl (C=O) groups excluding carboxylic acids is 1. The summed E-state index contributed by atoms with van der Waals surface area (Å²) in [6.45, 7) is 6.37. The van der Waals surface area contributed by atoms with Gasteiger partial charge in [0.05, 0.1) is 18.5 Å². The molecule has 6 rings (SSSR count). The van der Waals surface area contributed by atoms with Gasteiger partial charge in [0.2, 0.25) is 0 Å². The summed E-state index contributed by atoms with van der Waals surface area (Å²) >= 11 is 0. The van der Waals surface area contributed by atoms with Crippen molar-refractivity contribution in [2.24, 2.45) is 0 Å². The van der Waals surface area contributed by atoms with E-state index in [-0.39, 0.29) is 24.4 Å². The number of nitrogens with zero attached hydrogens (tertiary/aromatic N) is 2. The smallest absolute Gasteiger partial charge is 0.267 e. The zero-order valence-electron chi connectivity index (χ0n) is 23.2. The van der Waals surface area contributed by atoms with Crippen molar-refractivity contribution < 1.29 is 28.6 Å². The molecule has 3 atom stereocenters. The largest absolute Gasteiger partial charge is 0.488 e. The van der Waals surface area contributed by atoms with Gasteiger partial charge in [0.25, 0.3) is 5.91 Å². The van der Waals surface area contributed by atoms with Gasteiger partial charge < -0.3 is 34.6 Å². The van der Waals surface area contributed by atoms with E-state index in [0.717, 1.165) is 55.5 Å². The Labute approximate surface area is 237 Å². The molecule has 9 nitrogen and oxygen atoms in total. The van der Waals surface area contributed by atoms with E-state index in [2.05, 4.69) is 27.0 Å². The van der Waals surface area contributed by atoms with Crippen LogP contribution in [-0.2, 0) is 6.61 Å². The Bertz CT molecular complexity index is 1510. The number of fused-ring (bicyclic) bond motifs is 2. The molecular formula is C31H37FN4O5. The van der Waals surface area contributed by atoms with Crippen molar-refractivity contribution in [3.8, 4) is 5.75 Å². The van der Waals surface area contributed by atoms with Crippen LogP contribution in [0.5, 0.6) is 5.75 Å². The highest BCUT2D eigenvalue weighted by atomic mass is 19.1. The van der Waals surface area contributed by atoms with Crippen molar-refractivity contribution in [1.82, 2.24) is 20.1 Å². The van der Waals surface area contributed by atoms with Gasteiger partial charge in [-0.1, -0.05) is 6.07 Å². The van der Waals surface area contributed by atoms with Crippen LogP contribution in [-0.4, -0.2) is 87.9 Å². The Morgan fingerprint density at radius 3 is 2.76 bits per heavy atom. The number of hydrogen-bond acceptors (Lipinski definition) is 7. The van der Waals surface area contributed by atoms with Crippen molar-refractivity contribution in [2.75, 3.05) is 32.7 Å². The van der Waals surface area contributed by atoms with Crippen molar-refractivity contribution in [2.45, 2.75) is 57.1 Å². The van der Waals surface area contributed by atoms with E-state index >= 15 is 0 Å². The molecule has 2 aliphatic heterocycles. The number of hydrogen-bond donors (Lipinski definition) is 4. The quantitative estimate of drug-likeness (QED) is 0.258. The number of piperidine rings is 2. The van der Waals surface area contributed by atoms with Crippen molar-refractivity contribution in [3.63, 3.8) is 0 Å². The standard InChI is InChI=1S/C31H37FN4O5/c1-19(36-12-9-27(37)28(38)16-36)15-35-10-7-22(8-11-35)33-31(39)26-14-24-25(34-26)3-2-4-29(24)40-17-20-18-41-30-6-5-21(32)13-23(20)30/h2-6,13-14,18-19,22,27-28,34,37-38H,7-12,15-17H2,1H3,(H,33,39)/t19-,27-,28+/m0/s1. The van der Waals surface area contributed by atoms with Gasteiger partial charge >= 0.3 is 0 Å². The highest BCUT2D eigenvalue weighted by molar-refractivity contribution is 5.99. The summed E-state index contributed by atoms with van der Waals surface area (Å²) in [7, 11) is 0. The van der Waals surface area contributed by atoms with Crippen LogP contribution < -0.4 is 10.1 Å². The minimum absolute atomic E-state index is 0.0953. The molecule has 0 aliphatic carbocycles. The lowest BCUT2D eigenvalue weighted by Gasteiger charge is -2.40. The number of likely N-dealkylation sites (tertiary alicyclic amines) is 2. The number of carbonyl (C=O) groups is 1. The fourth-order valence-electron chi connectivity index (χ4n) is 6.05. The number of aliphatic hydroxyl groups excluding tert-OH is 2. The van der Waals surface area contributed by atoms with Crippen LogP contribution >= 0.6 is 0 Å². The zero-order chi connectivity index (χ0) is 28.5. The number of aromatic nitrogens is 1. The topological polar surface area (TPSA) is 114 Å². The van der Waals surface area contributed by atoms with Gasteiger partial charge in [-0.25, -0.2) is 4.39 Å². The van der Waals surface area contributed by atoms with Crippen LogP contribution in [0.15, 0.2) is 53.1 Å². The van der Waals surface area contributed by atoms with Crippen LogP contribution in [0.1, 0.15) is 42.2 Å². The summed E-state index contributed by atoms with van der Waals surface area (Å²) in [5.74, 6) is 0.154. The fraction of sp³-hybridized carbons (Fsp3) is 0.452. The maximum atomic E-state index is 13.7. The zero-order valence-corrected chi connectivity index (χ0v) is 23.2. The van der Waals surface area contributed by atoms with Crippen LogP contribution in [0.25, 0.3) is 21.9 Å². The molecular weight excluding hydrogens is 527 g/mol. The second kappa shape index (κ2) is 11.8. The number of ether oxygens (including phenoxy) is 1. The molecule has 4 aromatic rings. The Morgan fingerprint density at radius 2 is 1.95 bits per heavy atom. The number of aliphatic hydroxyl groups is 2. The SMILES string of the molecule is C[C@@H](CN1CCC(NC(=O)c2cc3c(OCc4coc5ccc(F)cc45)cccc3[nH]2)CC1)N1CC[C@H](O)[C@H](O)C1.